The summed E-state index contributed by atoms with van der Waals surface area (Å²) in [6.45, 7) is 6.03. The maximum Gasteiger partial charge on any atom is 0.150 e. The molecule has 5 rings (SSSR count). The van der Waals surface area contributed by atoms with E-state index in [1.165, 1.54) is 49.2 Å². The molecule has 1 unspecified atom stereocenters. The molecule has 1 atom stereocenters. The molecule has 1 aliphatic carbocycles. The molecule has 0 radical (unpaired) electrons. The molecule has 1 aromatic carbocycles. The highest BCUT2D eigenvalue weighted by Crippen LogP contribution is 2.35. The fraction of sp³-hybridized carbons (Fsp3) is 0.640. The molecule has 7 heteroatoms. The number of hydrogen-bond donors (Lipinski definition) is 0. The number of benzene rings is 1. The summed E-state index contributed by atoms with van der Waals surface area (Å²) < 4.78 is 16.6. The van der Waals surface area contributed by atoms with Gasteiger partial charge in [-0.3, -0.25) is 4.99 Å². The van der Waals surface area contributed by atoms with Gasteiger partial charge in [-0.05, 0) is 36.5 Å². The molecular formula is C25H36N4O3. The summed E-state index contributed by atoms with van der Waals surface area (Å²) in [5, 5.41) is 0. The number of fused-ring (bicyclic) bond motifs is 1. The largest absolute Gasteiger partial charge is 0.497 e. The smallest absolute Gasteiger partial charge is 0.150 e. The van der Waals surface area contributed by atoms with Crippen LogP contribution in [0, 0.1) is 5.92 Å². The summed E-state index contributed by atoms with van der Waals surface area (Å²) in [7, 11) is 3.41. The van der Waals surface area contributed by atoms with E-state index < -0.39 is 0 Å². The van der Waals surface area contributed by atoms with Crippen molar-refractivity contribution in [2.45, 2.75) is 44.7 Å². The Kier molecular flexibility index (Phi) is 6.44. The second-order valence-corrected chi connectivity index (χ2v) is 9.32. The zero-order chi connectivity index (χ0) is 21.9. The Bertz CT molecular complexity index is 836. The number of rotatable bonds is 6. The zero-order valence-electron chi connectivity index (χ0n) is 19.5. The molecule has 0 aromatic heterocycles. The van der Waals surface area contributed by atoms with Gasteiger partial charge in [0.15, 0.2) is 5.84 Å². The maximum absolute atomic E-state index is 5.63. The van der Waals surface area contributed by atoms with Gasteiger partial charge in [0.1, 0.15) is 11.5 Å². The van der Waals surface area contributed by atoms with E-state index >= 15 is 0 Å². The van der Waals surface area contributed by atoms with Crippen LogP contribution in [0.3, 0.4) is 0 Å². The number of methoxy groups -OCH3 is 2. The van der Waals surface area contributed by atoms with Crippen molar-refractivity contribution in [1.82, 2.24) is 14.7 Å². The van der Waals surface area contributed by atoms with E-state index in [4.69, 9.17) is 19.2 Å². The van der Waals surface area contributed by atoms with Gasteiger partial charge in [0.2, 0.25) is 0 Å². The third kappa shape index (κ3) is 4.40. The SMILES string of the molecule is COc1cc(CN2C=C(N3CCOCC3)C3=NCC(C4CCCCC4)N3C2)cc(OC)c1. The van der Waals surface area contributed by atoms with E-state index in [2.05, 4.69) is 33.0 Å². The van der Waals surface area contributed by atoms with E-state index in [1.54, 1.807) is 14.2 Å². The third-order valence-corrected chi connectivity index (χ3v) is 7.31. The first kappa shape index (κ1) is 21.4. The van der Waals surface area contributed by atoms with Crippen LogP contribution in [-0.2, 0) is 11.3 Å². The van der Waals surface area contributed by atoms with Crippen LogP contribution in [-0.4, -0.2) is 80.3 Å². The van der Waals surface area contributed by atoms with Gasteiger partial charge in [-0.15, -0.1) is 0 Å². The van der Waals surface area contributed by atoms with Crippen molar-refractivity contribution in [3.63, 3.8) is 0 Å². The van der Waals surface area contributed by atoms with E-state index in [9.17, 15) is 0 Å². The Balaban J connectivity index is 1.42. The monoisotopic (exact) mass is 440 g/mol. The number of hydrogen-bond acceptors (Lipinski definition) is 7. The number of morpholine rings is 1. The molecule has 3 aliphatic heterocycles. The molecule has 32 heavy (non-hydrogen) atoms. The van der Waals surface area contributed by atoms with Crippen molar-refractivity contribution in [2.75, 3.05) is 53.7 Å². The van der Waals surface area contributed by atoms with Gasteiger partial charge in [0.25, 0.3) is 0 Å². The third-order valence-electron chi connectivity index (χ3n) is 7.31. The quantitative estimate of drug-likeness (QED) is 0.677. The van der Waals surface area contributed by atoms with Gasteiger partial charge in [0.05, 0.1) is 52.4 Å². The fourth-order valence-electron chi connectivity index (χ4n) is 5.63. The molecule has 1 saturated carbocycles. The molecule has 2 fully saturated rings. The summed E-state index contributed by atoms with van der Waals surface area (Å²) in [4.78, 5) is 12.6. The fourth-order valence-corrected chi connectivity index (χ4v) is 5.63. The first-order chi connectivity index (χ1) is 15.7. The predicted octanol–water partition coefficient (Wildman–Crippen LogP) is 3.31. The van der Waals surface area contributed by atoms with Crippen molar-refractivity contribution >= 4 is 5.84 Å². The Hall–Kier alpha value is -2.41. The van der Waals surface area contributed by atoms with Crippen molar-refractivity contribution in [1.29, 1.82) is 0 Å². The standard InChI is InChI=1S/C25H36N4O3/c1-30-21-12-19(13-22(14-21)31-2)16-27-17-24(28-8-10-32-11-9-28)25-26-15-23(29(25)18-27)20-6-4-3-5-7-20/h12-14,17,20,23H,3-11,15-16,18H2,1-2H3. The highest BCUT2D eigenvalue weighted by Gasteiger charge is 2.40. The Morgan fingerprint density at radius 1 is 1.00 bits per heavy atom. The molecule has 0 amide bonds. The second-order valence-electron chi connectivity index (χ2n) is 9.32. The molecule has 4 aliphatic rings. The van der Waals surface area contributed by atoms with E-state index in [-0.39, 0.29) is 0 Å². The van der Waals surface area contributed by atoms with Gasteiger partial charge in [-0.2, -0.15) is 0 Å². The molecule has 0 N–H and O–H groups in total. The lowest BCUT2D eigenvalue weighted by molar-refractivity contribution is 0.0516. The van der Waals surface area contributed by atoms with Crippen LogP contribution in [0.4, 0.5) is 0 Å². The van der Waals surface area contributed by atoms with Crippen molar-refractivity contribution in [3.8, 4) is 11.5 Å². The first-order valence-electron chi connectivity index (χ1n) is 12.1. The highest BCUT2D eigenvalue weighted by molar-refractivity contribution is 5.99. The molecule has 0 bridgehead atoms. The zero-order valence-corrected chi connectivity index (χ0v) is 19.5. The summed E-state index contributed by atoms with van der Waals surface area (Å²) in [5.41, 5.74) is 2.44. The molecule has 7 nitrogen and oxygen atoms in total. The molecule has 1 saturated heterocycles. The van der Waals surface area contributed by atoms with Gasteiger partial charge in [0, 0.05) is 31.9 Å². The van der Waals surface area contributed by atoms with E-state index in [0.717, 1.165) is 63.5 Å². The summed E-state index contributed by atoms with van der Waals surface area (Å²) in [5.74, 6) is 3.62. The van der Waals surface area contributed by atoms with Gasteiger partial charge in [-0.1, -0.05) is 19.3 Å². The Morgan fingerprint density at radius 2 is 1.72 bits per heavy atom. The van der Waals surface area contributed by atoms with Gasteiger partial charge < -0.3 is 28.9 Å². The second kappa shape index (κ2) is 9.61. The molecule has 0 spiro atoms. The lowest BCUT2D eigenvalue weighted by atomic mass is 9.83. The average Bonchev–Trinajstić information content (AvgIpc) is 3.28. The highest BCUT2D eigenvalue weighted by atomic mass is 16.5. The number of nitrogens with zero attached hydrogens (tertiary/aromatic N) is 4. The van der Waals surface area contributed by atoms with Crippen molar-refractivity contribution in [2.24, 2.45) is 10.9 Å². The number of aliphatic imine (C=N–C) groups is 1. The Labute approximate surface area is 191 Å². The van der Waals surface area contributed by atoms with Gasteiger partial charge in [-0.25, -0.2) is 0 Å². The molecular weight excluding hydrogens is 404 g/mol. The summed E-state index contributed by atoms with van der Waals surface area (Å²) >= 11 is 0. The molecule has 174 valence electrons. The first-order valence-corrected chi connectivity index (χ1v) is 12.1. The summed E-state index contributed by atoms with van der Waals surface area (Å²) in [6, 6.07) is 6.67. The number of ether oxygens (including phenoxy) is 3. The van der Waals surface area contributed by atoms with E-state index in [0.29, 0.717) is 6.04 Å². The summed E-state index contributed by atoms with van der Waals surface area (Å²) in [6.07, 6.45) is 9.12. The van der Waals surface area contributed by atoms with Crippen LogP contribution in [0.15, 0.2) is 35.1 Å². The minimum absolute atomic E-state index is 0.525. The van der Waals surface area contributed by atoms with Crippen molar-refractivity contribution in [3.05, 3.63) is 35.7 Å². The topological polar surface area (TPSA) is 49.8 Å². The minimum atomic E-state index is 0.525. The van der Waals surface area contributed by atoms with Crippen LogP contribution in [0.2, 0.25) is 0 Å². The minimum Gasteiger partial charge on any atom is -0.497 e. The lowest BCUT2D eigenvalue weighted by Crippen LogP contribution is -2.53. The van der Waals surface area contributed by atoms with Crippen LogP contribution >= 0.6 is 0 Å². The predicted molar refractivity (Wildman–Crippen MR) is 125 cm³/mol. The average molecular weight is 441 g/mol. The number of amidine groups is 1. The molecule has 1 aromatic rings. The van der Waals surface area contributed by atoms with Crippen LogP contribution in [0.25, 0.3) is 0 Å². The van der Waals surface area contributed by atoms with Crippen molar-refractivity contribution < 1.29 is 14.2 Å². The van der Waals surface area contributed by atoms with Crippen LogP contribution in [0.5, 0.6) is 11.5 Å². The normalized spacial score (nSPS) is 24.2. The maximum atomic E-state index is 5.63. The molecule has 3 heterocycles. The Morgan fingerprint density at radius 3 is 2.41 bits per heavy atom. The van der Waals surface area contributed by atoms with Crippen LogP contribution in [0.1, 0.15) is 37.7 Å². The lowest BCUT2D eigenvalue weighted by Gasteiger charge is -2.44. The van der Waals surface area contributed by atoms with E-state index in [1.807, 2.05) is 6.07 Å². The van der Waals surface area contributed by atoms with Gasteiger partial charge >= 0.3 is 0 Å². The van der Waals surface area contributed by atoms with Crippen LogP contribution < -0.4 is 9.47 Å².